The first-order valence-corrected chi connectivity index (χ1v) is 11.9. The lowest BCUT2D eigenvalue weighted by atomic mass is 9.89. The zero-order valence-electron chi connectivity index (χ0n) is 20.1. The standard InChI is InChI=1S/C26H24FN7O3/c1-12-23(37-13(2)30-12)25(36)31-16-5-6-19(27)18(8-16)20-11-34-10-17(9-29-26(34)33-20)32-24(35)21-14-3-4-15(7-14)22(21)28/h3-6,8-11,14-15,21-22H,7,28H2,1-2H3,(H,31,36)(H,32,35)/t14?,15?,21-,22+/m0/s1. The molecule has 188 valence electrons. The average molecular weight is 502 g/mol. The van der Waals surface area contributed by atoms with Gasteiger partial charge in [0.2, 0.25) is 17.4 Å². The van der Waals surface area contributed by atoms with Crippen LogP contribution in [0.2, 0.25) is 0 Å². The summed E-state index contributed by atoms with van der Waals surface area (Å²) < 4.78 is 21.7. The number of carbonyl (C=O) groups is 2. The molecular formula is C26H24FN7O3. The van der Waals surface area contributed by atoms with Crippen LogP contribution < -0.4 is 16.4 Å². The Labute approximate surface area is 210 Å². The second kappa shape index (κ2) is 8.63. The Kier molecular flexibility index (Phi) is 5.37. The summed E-state index contributed by atoms with van der Waals surface area (Å²) in [6.07, 6.45) is 9.86. The number of oxazole rings is 1. The van der Waals surface area contributed by atoms with Gasteiger partial charge in [-0.15, -0.1) is 0 Å². The number of rotatable bonds is 5. The van der Waals surface area contributed by atoms with Crippen LogP contribution >= 0.6 is 0 Å². The van der Waals surface area contributed by atoms with Crippen molar-refractivity contribution in [2.45, 2.75) is 26.3 Å². The summed E-state index contributed by atoms with van der Waals surface area (Å²) in [5.74, 6) is -0.213. The van der Waals surface area contributed by atoms with Gasteiger partial charge in [-0.25, -0.2) is 19.3 Å². The lowest BCUT2D eigenvalue weighted by Crippen LogP contribution is -2.41. The van der Waals surface area contributed by atoms with E-state index in [-0.39, 0.29) is 41.0 Å². The first-order chi connectivity index (χ1) is 17.8. The molecule has 4 atom stereocenters. The Morgan fingerprint density at radius 2 is 1.92 bits per heavy atom. The third-order valence-corrected chi connectivity index (χ3v) is 7.01. The number of fused-ring (bicyclic) bond motifs is 3. The number of hydrogen-bond donors (Lipinski definition) is 3. The summed E-state index contributed by atoms with van der Waals surface area (Å²) in [6.45, 7) is 3.32. The number of anilines is 2. The number of aryl methyl sites for hydroxylation is 2. The predicted octanol–water partition coefficient (Wildman–Crippen LogP) is 3.48. The molecule has 0 saturated heterocycles. The van der Waals surface area contributed by atoms with Crippen molar-refractivity contribution in [3.05, 3.63) is 72.1 Å². The van der Waals surface area contributed by atoms with E-state index < -0.39 is 11.7 Å². The number of nitrogens with zero attached hydrogens (tertiary/aromatic N) is 4. The summed E-state index contributed by atoms with van der Waals surface area (Å²) >= 11 is 0. The molecule has 2 amide bonds. The number of benzene rings is 1. The second-order valence-corrected chi connectivity index (χ2v) is 9.51. The molecule has 1 saturated carbocycles. The Bertz CT molecular complexity index is 1590. The number of hydrogen-bond acceptors (Lipinski definition) is 7. The minimum absolute atomic E-state index is 0.0947. The molecular weight excluding hydrogens is 477 g/mol. The molecule has 3 aromatic heterocycles. The van der Waals surface area contributed by atoms with Gasteiger partial charge in [-0.3, -0.25) is 14.0 Å². The summed E-state index contributed by atoms with van der Waals surface area (Å²) in [7, 11) is 0. The number of nitrogens with one attached hydrogen (secondary N) is 2. The second-order valence-electron chi connectivity index (χ2n) is 9.51. The molecule has 0 spiro atoms. The quantitative estimate of drug-likeness (QED) is 0.356. The van der Waals surface area contributed by atoms with Crippen molar-refractivity contribution in [3.63, 3.8) is 0 Å². The third kappa shape index (κ3) is 4.06. The number of allylic oxidation sites excluding steroid dienone is 1. The van der Waals surface area contributed by atoms with Crippen LogP contribution in [0.25, 0.3) is 17.0 Å². The van der Waals surface area contributed by atoms with Gasteiger partial charge in [0, 0.05) is 36.6 Å². The van der Waals surface area contributed by atoms with Gasteiger partial charge in [0.15, 0.2) is 5.89 Å². The first kappa shape index (κ1) is 23.0. The van der Waals surface area contributed by atoms with Crippen molar-refractivity contribution in [1.82, 2.24) is 19.4 Å². The molecule has 2 unspecified atom stereocenters. The summed E-state index contributed by atoms with van der Waals surface area (Å²) in [5.41, 5.74) is 8.07. The number of carbonyl (C=O) groups excluding carboxylic acids is 2. The van der Waals surface area contributed by atoms with E-state index in [2.05, 4.69) is 37.7 Å². The smallest absolute Gasteiger partial charge is 0.293 e. The maximum Gasteiger partial charge on any atom is 0.293 e. The van der Waals surface area contributed by atoms with Crippen molar-refractivity contribution in [2.24, 2.45) is 23.5 Å². The monoisotopic (exact) mass is 501 g/mol. The molecule has 3 heterocycles. The zero-order valence-corrected chi connectivity index (χ0v) is 20.1. The zero-order chi connectivity index (χ0) is 25.8. The summed E-state index contributed by atoms with van der Waals surface area (Å²) in [5, 5.41) is 5.61. The van der Waals surface area contributed by atoms with E-state index in [1.165, 1.54) is 24.4 Å². The Morgan fingerprint density at radius 3 is 2.65 bits per heavy atom. The number of imidazole rings is 1. The van der Waals surface area contributed by atoms with Crippen molar-refractivity contribution < 1.29 is 18.4 Å². The van der Waals surface area contributed by atoms with Crippen molar-refractivity contribution in [1.29, 1.82) is 0 Å². The maximum absolute atomic E-state index is 14.8. The van der Waals surface area contributed by atoms with E-state index >= 15 is 0 Å². The van der Waals surface area contributed by atoms with E-state index in [1.54, 1.807) is 30.6 Å². The fourth-order valence-corrected chi connectivity index (χ4v) is 5.26. The minimum Gasteiger partial charge on any atom is -0.436 e. The fourth-order valence-electron chi connectivity index (χ4n) is 5.26. The molecule has 2 bridgehead atoms. The SMILES string of the molecule is Cc1nc(C)c(C(=O)Nc2ccc(F)c(-c3cn4cc(NC(=O)[C@H]5C6C=CC(C6)[C@H]5N)cnc4n3)c2)o1. The molecule has 0 aliphatic heterocycles. The molecule has 6 rings (SSSR count). The van der Waals surface area contributed by atoms with E-state index in [1.807, 2.05) is 0 Å². The molecule has 0 radical (unpaired) electrons. The lowest BCUT2D eigenvalue weighted by Gasteiger charge is -2.23. The molecule has 4 aromatic rings. The molecule has 2 aliphatic carbocycles. The Hall–Kier alpha value is -4.38. The highest BCUT2D eigenvalue weighted by Gasteiger charge is 2.46. The van der Waals surface area contributed by atoms with Crippen molar-refractivity contribution in [3.8, 4) is 11.3 Å². The molecule has 10 nitrogen and oxygen atoms in total. The molecule has 37 heavy (non-hydrogen) atoms. The average Bonchev–Trinajstić information content (AvgIpc) is 3.63. The summed E-state index contributed by atoms with van der Waals surface area (Å²) in [6, 6.07) is 3.99. The van der Waals surface area contributed by atoms with Gasteiger partial charge >= 0.3 is 0 Å². The van der Waals surface area contributed by atoms with Gasteiger partial charge in [0.1, 0.15) is 5.82 Å². The maximum atomic E-state index is 14.8. The van der Waals surface area contributed by atoms with Gasteiger partial charge in [-0.2, -0.15) is 0 Å². The molecule has 11 heteroatoms. The van der Waals surface area contributed by atoms with E-state index in [0.29, 0.717) is 34.4 Å². The summed E-state index contributed by atoms with van der Waals surface area (Å²) in [4.78, 5) is 38.3. The van der Waals surface area contributed by atoms with Crippen molar-refractivity contribution in [2.75, 3.05) is 10.6 Å². The van der Waals surface area contributed by atoms with Gasteiger partial charge in [0.25, 0.3) is 5.91 Å². The highest BCUT2D eigenvalue weighted by Crippen LogP contribution is 2.43. The van der Waals surface area contributed by atoms with E-state index in [9.17, 15) is 14.0 Å². The van der Waals surface area contributed by atoms with Gasteiger partial charge in [0.05, 0.1) is 29.2 Å². The molecule has 2 aliphatic rings. The molecule has 4 N–H and O–H groups in total. The van der Waals surface area contributed by atoms with Crippen LogP contribution in [0.4, 0.5) is 15.8 Å². The normalized spacial score (nSPS) is 22.1. The van der Waals surface area contributed by atoms with Gasteiger partial charge in [-0.1, -0.05) is 12.2 Å². The van der Waals surface area contributed by atoms with Crippen LogP contribution in [-0.4, -0.2) is 37.2 Å². The fraction of sp³-hybridized carbons (Fsp3) is 0.269. The number of aromatic nitrogens is 4. The van der Waals surface area contributed by atoms with E-state index in [4.69, 9.17) is 10.2 Å². The predicted molar refractivity (Wildman–Crippen MR) is 133 cm³/mol. The van der Waals surface area contributed by atoms with Crippen LogP contribution in [0.15, 0.2) is 53.4 Å². The van der Waals surface area contributed by atoms with Gasteiger partial charge < -0.3 is 20.8 Å². The van der Waals surface area contributed by atoms with Crippen LogP contribution in [0.5, 0.6) is 0 Å². The number of nitrogens with two attached hydrogens (primary N) is 1. The minimum atomic E-state index is -0.514. The highest BCUT2D eigenvalue weighted by molar-refractivity contribution is 6.03. The molecule has 1 fully saturated rings. The Balaban J connectivity index is 1.23. The Morgan fingerprint density at radius 1 is 1.11 bits per heavy atom. The third-order valence-electron chi connectivity index (χ3n) is 7.01. The van der Waals surface area contributed by atoms with Crippen LogP contribution in [0.1, 0.15) is 28.6 Å². The van der Waals surface area contributed by atoms with Crippen LogP contribution in [-0.2, 0) is 4.79 Å². The largest absolute Gasteiger partial charge is 0.436 e. The van der Waals surface area contributed by atoms with E-state index in [0.717, 1.165) is 6.42 Å². The molecule has 1 aromatic carbocycles. The van der Waals surface area contributed by atoms with Crippen LogP contribution in [0.3, 0.4) is 0 Å². The number of halogens is 1. The number of amides is 2. The lowest BCUT2D eigenvalue weighted by molar-refractivity contribution is -0.120. The van der Waals surface area contributed by atoms with Crippen LogP contribution in [0, 0.1) is 37.4 Å². The topological polar surface area (TPSA) is 140 Å². The van der Waals surface area contributed by atoms with Gasteiger partial charge in [-0.05, 0) is 43.4 Å². The van der Waals surface area contributed by atoms with Crippen molar-refractivity contribution >= 4 is 29.0 Å². The highest BCUT2D eigenvalue weighted by atomic mass is 19.1. The first-order valence-electron chi connectivity index (χ1n) is 11.9.